The topological polar surface area (TPSA) is 154 Å². The van der Waals surface area contributed by atoms with Crippen LogP contribution in [0.3, 0.4) is 0 Å². The quantitative estimate of drug-likeness (QED) is 0.351. The molecule has 2 heterocycles. The first-order valence-corrected chi connectivity index (χ1v) is 22.2. The van der Waals surface area contributed by atoms with Crippen LogP contribution in [-0.2, 0) is 71.2 Å². The minimum atomic E-state index is -0.671. The Hall–Kier alpha value is -1.50. The van der Waals surface area contributed by atoms with E-state index in [2.05, 4.69) is 0 Å². The molecular weight excluding hydrogens is 744 g/mol. The zero-order chi connectivity index (χ0) is 39.3. The summed E-state index contributed by atoms with van der Waals surface area (Å²) in [5.74, 6) is -1.24. The number of carbonyl (C=O) groups excluding carboxylic acids is 2. The summed E-state index contributed by atoms with van der Waals surface area (Å²) in [6.45, 7) is 3.69. The van der Waals surface area contributed by atoms with Gasteiger partial charge in [-0.2, -0.15) is 0 Å². The summed E-state index contributed by atoms with van der Waals surface area (Å²) in [5, 5.41) is 0. The number of fused-ring (bicyclic) bond motifs is 4. The van der Waals surface area contributed by atoms with Crippen molar-refractivity contribution in [3.63, 3.8) is 0 Å². The van der Waals surface area contributed by atoms with Crippen molar-refractivity contribution in [2.75, 3.05) is 92.5 Å². The molecule has 4 aliphatic carbocycles. The van der Waals surface area contributed by atoms with E-state index in [1.54, 1.807) is 0 Å². The molecule has 8 atom stereocenters. The number of rotatable bonds is 6. The van der Waals surface area contributed by atoms with Crippen LogP contribution in [0.2, 0.25) is 0 Å². The molecule has 6 rings (SSSR count). The molecule has 4 saturated carbocycles. The molecule has 0 N–H and O–H groups in total. The lowest BCUT2D eigenvalue weighted by atomic mass is 9.94. The molecule has 0 bridgehead atoms. The van der Waals surface area contributed by atoms with E-state index in [0.717, 1.165) is 103 Å². The Kier molecular flexibility index (Phi) is 20.5. The van der Waals surface area contributed by atoms with Crippen LogP contribution >= 0.6 is 0 Å². The molecule has 0 radical (unpaired) electrons. The van der Waals surface area contributed by atoms with Crippen LogP contribution in [0.1, 0.15) is 103 Å². The highest BCUT2D eigenvalue weighted by Gasteiger charge is 2.33. The average Bonchev–Trinajstić information content (AvgIpc) is 3.22. The molecule has 15 nitrogen and oxygen atoms in total. The SMILES string of the molecule is O=C(COCC(=O)OC1COC2CCCCC2OCCOCCOC2CCCCC2OC1)OC1COC2CCCCC2OCCOCCOC2CCCCC2OC1. The van der Waals surface area contributed by atoms with E-state index >= 15 is 0 Å². The lowest BCUT2D eigenvalue weighted by molar-refractivity contribution is -0.181. The first-order valence-electron chi connectivity index (χ1n) is 22.2. The second-order valence-electron chi connectivity index (χ2n) is 16.2. The van der Waals surface area contributed by atoms with Crippen LogP contribution in [-0.4, -0.2) is 165 Å². The summed E-state index contributed by atoms with van der Waals surface area (Å²) >= 11 is 0. The fourth-order valence-corrected chi connectivity index (χ4v) is 8.83. The maximum atomic E-state index is 13.1. The van der Waals surface area contributed by atoms with Crippen LogP contribution in [0.25, 0.3) is 0 Å². The molecule has 0 amide bonds. The van der Waals surface area contributed by atoms with Crippen LogP contribution in [0.4, 0.5) is 0 Å². The van der Waals surface area contributed by atoms with E-state index in [1.807, 2.05) is 0 Å². The number of ether oxygens (including phenoxy) is 13. The van der Waals surface area contributed by atoms with Crippen molar-refractivity contribution in [2.45, 2.75) is 164 Å². The number of carbonyl (C=O) groups is 2. The van der Waals surface area contributed by atoms with Crippen LogP contribution < -0.4 is 0 Å². The smallest absolute Gasteiger partial charge is 0.332 e. The molecule has 0 spiro atoms. The summed E-state index contributed by atoms with van der Waals surface area (Å²) in [4.78, 5) is 26.3. The van der Waals surface area contributed by atoms with Crippen molar-refractivity contribution < 1.29 is 71.2 Å². The van der Waals surface area contributed by atoms with Crippen molar-refractivity contribution in [1.82, 2.24) is 0 Å². The molecule has 8 unspecified atom stereocenters. The maximum Gasteiger partial charge on any atom is 0.332 e. The van der Waals surface area contributed by atoms with Crippen LogP contribution in [0, 0.1) is 0 Å². The third-order valence-electron chi connectivity index (χ3n) is 11.8. The first kappa shape index (κ1) is 45.0. The van der Waals surface area contributed by atoms with E-state index < -0.39 is 37.4 Å². The fraction of sp³-hybridized carbons (Fsp3) is 0.952. The van der Waals surface area contributed by atoms with Crippen molar-refractivity contribution in [3.05, 3.63) is 0 Å². The Morgan fingerprint density at radius 1 is 0.351 bits per heavy atom. The normalized spacial score (nSPS) is 36.6. The summed E-state index contributed by atoms with van der Waals surface area (Å²) in [5.41, 5.74) is 0. The van der Waals surface area contributed by atoms with Gasteiger partial charge in [-0.05, 0) is 51.4 Å². The largest absolute Gasteiger partial charge is 0.456 e. The minimum Gasteiger partial charge on any atom is -0.456 e. The summed E-state index contributed by atoms with van der Waals surface area (Å²) < 4.78 is 78.8. The molecule has 57 heavy (non-hydrogen) atoms. The van der Waals surface area contributed by atoms with Gasteiger partial charge in [0.2, 0.25) is 0 Å². The van der Waals surface area contributed by atoms with Gasteiger partial charge in [0.15, 0.2) is 0 Å². The number of hydrogen-bond acceptors (Lipinski definition) is 15. The van der Waals surface area contributed by atoms with Gasteiger partial charge in [-0.25, -0.2) is 9.59 Å². The highest BCUT2D eigenvalue weighted by atomic mass is 16.6. The number of esters is 2. The minimum absolute atomic E-state index is 0.0506. The van der Waals surface area contributed by atoms with Gasteiger partial charge in [-0.1, -0.05) is 51.4 Å². The van der Waals surface area contributed by atoms with E-state index in [1.165, 1.54) is 0 Å². The monoisotopic (exact) mass is 814 g/mol. The van der Waals surface area contributed by atoms with Gasteiger partial charge < -0.3 is 61.6 Å². The van der Waals surface area contributed by atoms with E-state index in [4.69, 9.17) is 61.6 Å². The third kappa shape index (κ3) is 16.1. The summed E-state index contributed by atoms with van der Waals surface area (Å²) in [6.07, 6.45) is 13.6. The fourth-order valence-electron chi connectivity index (χ4n) is 8.83. The Labute approximate surface area is 338 Å². The molecule has 0 aromatic rings. The summed E-state index contributed by atoms with van der Waals surface area (Å²) in [7, 11) is 0. The highest BCUT2D eigenvalue weighted by molar-refractivity contribution is 5.73. The molecule has 0 aromatic heterocycles. The Bertz CT molecular complexity index is 981. The van der Waals surface area contributed by atoms with Gasteiger partial charge in [0.1, 0.15) is 25.4 Å². The molecule has 6 fully saturated rings. The van der Waals surface area contributed by atoms with Gasteiger partial charge in [0.05, 0.1) is 128 Å². The van der Waals surface area contributed by atoms with Gasteiger partial charge in [0, 0.05) is 0 Å². The maximum absolute atomic E-state index is 13.1. The van der Waals surface area contributed by atoms with E-state index in [-0.39, 0.29) is 75.3 Å². The molecular formula is C42H70O15. The lowest BCUT2D eigenvalue weighted by Crippen LogP contribution is -2.42. The predicted molar refractivity (Wildman–Crippen MR) is 204 cm³/mol. The zero-order valence-corrected chi connectivity index (χ0v) is 34.1. The molecule has 328 valence electrons. The van der Waals surface area contributed by atoms with Gasteiger partial charge in [0.25, 0.3) is 0 Å². The first-order chi connectivity index (χ1) is 28.1. The zero-order valence-electron chi connectivity index (χ0n) is 34.1. The molecule has 6 aliphatic rings. The van der Waals surface area contributed by atoms with Crippen molar-refractivity contribution in [2.24, 2.45) is 0 Å². The Balaban J connectivity index is 1.00. The lowest BCUT2D eigenvalue weighted by Gasteiger charge is -2.34. The van der Waals surface area contributed by atoms with Crippen molar-refractivity contribution >= 4 is 11.9 Å². The second-order valence-corrected chi connectivity index (χ2v) is 16.2. The van der Waals surface area contributed by atoms with Crippen LogP contribution in [0.15, 0.2) is 0 Å². The highest BCUT2D eigenvalue weighted by Crippen LogP contribution is 2.28. The van der Waals surface area contributed by atoms with E-state index in [0.29, 0.717) is 52.9 Å². The third-order valence-corrected chi connectivity index (χ3v) is 11.8. The van der Waals surface area contributed by atoms with Gasteiger partial charge in [-0.15, -0.1) is 0 Å². The van der Waals surface area contributed by atoms with Crippen molar-refractivity contribution in [3.8, 4) is 0 Å². The molecule has 0 aromatic carbocycles. The number of hydrogen-bond donors (Lipinski definition) is 0. The van der Waals surface area contributed by atoms with Gasteiger partial charge >= 0.3 is 11.9 Å². The standard InChI is InChI=1S/C42H70O15/c43-41(56-31-25-52-37-13-5-1-9-33(37)48-21-17-45-18-22-49-34-10-2-6-14-38(34)53-26-31)29-47-30-42(44)57-32-27-54-39-15-7-3-11-35(39)50-23-19-46-20-24-51-36-12-4-8-16-40(36)55-28-32/h31-40H,1-30H2. The average molecular weight is 815 g/mol. The molecule has 2 saturated heterocycles. The van der Waals surface area contributed by atoms with Crippen LogP contribution in [0.5, 0.6) is 0 Å². The Morgan fingerprint density at radius 3 is 0.860 bits per heavy atom. The van der Waals surface area contributed by atoms with Crippen molar-refractivity contribution in [1.29, 1.82) is 0 Å². The molecule has 15 heteroatoms. The predicted octanol–water partition coefficient (Wildman–Crippen LogP) is 4.26. The van der Waals surface area contributed by atoms with Gasteiger partial charge in [-0.3, -0.25) is 0 Å². The van der Waals surface area contributed by atoms with E-state index in [9.17, 15) is 9.59 Å². The Morgan fingerprint density at radius 2 is 0.596 bits per heavy atom. The summed E-state index contributed by atoms with van der Waals surface area (Å²) in [6, 6.07) is 0. The second kappa shape index (κ2) is 26.0. The molecule has 2 aliphatic heterocycles.